The van der Waals surface area contributed by atoms with Crippen molar-refractivity contribution >= 4 is 11.8 Å². The smallest absolute Gasteiger partial charge is 0.416 e. The number of hydrogen-bond donors (Lipinski definition) is 1. The van der Waals surface area contributed by atoms with E-state index in [9.17, 15) is 18.0 Å². The van der Waals surface area contributed by atoms with E-state index < -0.39 is 23.4 Å². The van der Waals surface area contributed by atoms with E-state index >= 15 is 0 Å². The van der Waals surface area contributed by atoms with Crippen LogP contribution in [0.5, 0.6) is 0 Å². The van der Waals surface area contributed by atoms with Crippen LogP contribution in [0, 0.1) is 6.07 Å². The Bertz CT molecular complexity index is 436. The van der Waals surface area contributed by atoms with E-state index in [-0.39, 0.29) is 5.69 Å². The molecular weight excluding hydrogens is 247 g/mol. The third-order valence-electron chi connectivity index (χ3n) is 1.76. The van der Waals surface area contributed by atoms with Crippen LogP contribution in [0.1, 0.15) is 26.3 Å². The molecule has 0 spiro atoms. The van der Waals surface area contributed by atoms with Crippen molar-refractivity contribution in [1.29, 1.82) is 0 Å². The average molecular weight is 260 g/mol. The molecule has 1 aromatic carbocycles. The Morgan fingerprint density at radius 3 is 2.39 bits per heavy atom. The van der Waals surface area contributed by atoms with Crippen LogP contribution in [0.4, 0.5) is 23.7 Å². The molecule has 0 saturated heterocycles. The first kappa shape index (κ1) is 14.3. The summed E-state index contributed by atoms with van der Waals surface area (Å²) in [6, 6.07) is 5.18. The highest BCUT2D eigenvalue weighted by atomic mass is 19.4. The molecule has 6 heteroatoms. The molecule has 0 saturated carbocycles. The van der Waals surface area contributed by atoms with Crippen LogP contribution in [-0.4, -0.2) is 11.7 Å². The molecule has 18 heavy (non-hydrogen) atoms. The number of amides is 1. The van der Waals surface area contributed by atoms with Crippen LogP contribution in [0.2, 0.25) is 0 Å². The van der Waals surface area contributed by atoms with Crippen molar-refractivity contribution in [3.05, 3.63) is 29.8 Å². The van der Waals surface area contributed by atoms with Crippen molar-refractivity contribution in [2.24, 2.45) is 0 Å². The van der Waals surface area contributed by atoms with Crippen molar-refractivity contribution in [3.63, 3.8) is 0 Å². The van der Waals surface area contributed by atoms with Crippen LogP contribution in [0.3, 0.4) is 0 Å². The molecule has 0 aliphatic carbocycles. The first-order valence-electron chi connectivity index (χ1n) is 5.16. The number of halogens is 3. The van der Waals surface area contributed by atoms with Crippen LogP contribution in [0.15, 0.2) is 18.2 Å². The summed E-state index contributed by atoms with van der Waals surface area (Å²) in [5.74, 6) is 0. The van der Waals surface area contributed by atoms with Gasteiger partial charge in [-0.25, -0.2) is 4.79 Å². The third kappa shape index (κ3) is 4.65. The van der Waals surface area contributed by atoms with Gasteiger partial charge in [0.25, 0.3) is 0 Å². The maximum Gasteiger partial charge on any atom is 0.416 e. The number of rotatable bonds is 1. The zero-order valence-electron chi connectivity index (χ0n) is 10.2. The maximum absolute atomic E-state index is 12.4. The molecule has 1 N–H and O–H groups in total. The monoisotopic (exact) mass is 260 g/mol. The molecule has 1 rings (SSSR count). The Morgan fingerprint density at radius 1 is 1.28 bits per heavy atom. The van der Waals surface area contributed by atoms with Gasteiger partial charge in [-0.2, -0.15) is 13.2 Å². The Hall–Kier alpha value is -1.72. The molecule has 0 unspecified atom stereocenters. The van der Waals surface area contributed by atoms with Crippen molar-refractivity contribution in [2.75, 3.05) is 5.32 Å². The lowest BCUT2D eigenvalue weighted by atomic mass is 10.2. The molecule has 99 valence electrons. The van der Waals surface area contributed by atoms with E-state index in [1.807, 2.05) is 0 Å². The van der Waals surface area contributed by atoms with Gasteiger partial charge in [0.05, 0.1) is 5.56 Å². The molecule has 0 heterocycles. The SMILES string of the molecule is CC(C)(C)OC(=O)Nc1c[c]cc(C(F)(F)F)c1. The Labute approximate surface area is 103 Å². The highest BCUT2D eigenvalue weighted by Gasteiger charge is 2.30. The third-order valence-corrected chi connectivity index (χ3v) is 1.76. The average Bonchev–Trinajstić information content (AvgIpc) is 2.13. The van der Waals surface area contributed by atoms with Gasteiger partial charge in [0.2, 0.25) is 0 Å². The quantitative estimate of drug-likeness (QED) is 0.832. The van der Waals surface area contributed by atoms with E-state index in [0.29, 0.717) is 0 Å². The number of carbonyl (C=O) groups excluding carboxylic acids is 1. The molecule has 3 nitrogen and oxygen atoms in total. The number of carbonyl (C=O) groups is 1. The zero-order chi connectivity index (χ0) is 14.0. The van der Waals surface area contributed by atoms with E-state index in [2.05, 4.69) is 11.4 Å². The fourth-order valence-corrected chi connectivity index (χ4v) is 1.13. The Morgan fingerprint density at radius 2 is 1.89 bits per heavy atom. The number of anilines is 1. The zero-order valence-corrected chi connectivity index (χ0v) is 10.2. The van der Waals surface area contributed by atoms with E-state index in [1.54, 1.807) is 20.8 Å². The standard InChI is InChI=1S/C12H13F3NO2/c1-11(2,3)18-10(17)16-9-6-4-5-8(7-9)12(13,14)15/h5-7H,1-3H3,(H,16,17). The lowest BCUT2D eigenvalue weighted by molar-refractivity contribution is -0.137. The second-order valence-corrected chi connectivity index (χ2v) is 4.64. The summed E-state index contributed by atoms with van der Waals surface area (Å²) in [6.45, 7) is 4.97. The Kier molecular flexibility index (Phi) is 3.88. The van der Waals surface area contributed by atoms with Crippen LogP contribution >= 0.6 is 0 Å². The predicted molar refractivity (Wildman–Crippen MR) is 60.1 cm³/mol. The summed E-state index contributed by atoms with van der Waals surface area (Å²) < 4.78 is 42.2. The topological polar surface area (TPSA) is 38.3 Å². The molecule has 0 aromatic heterocycles. The summed E-state index contributed by atoms with van der Waals surface area (Å²) in [4.78, 5) is 11.4. The minimum atomic E-state index is -4.47. The fraction of sp³-hybridized carbons (Fsp3) is 0.417. The molecule has 0 bridgehead atoms. The number of hydrogen-bond acceptors (Lipinski definition) is 2. The second kappa shape index (κ2) is 4.88. The maximum atomic E-state index is 12.4. The van der Waals surface area contributed by atoms with E-state index in [4.69, 9.17) is 4.74 Å². The number of ether oxygens (including phenoxy) is 1. The molecule has 1 amide bonds. The lowest BCUT2D eigenvalue weighted by Crippen LogP contribution is -2.27. The molecular formula is C12H13F3NO2. The van der Waals surface area contributed by atoms with Gasteiger partial charge in [-0.3, -0.25) is 5.32 Å². The molecule has 0 atom stereocenters. The number of benzene rings is 1. The summed E-state index contributed by atoms with van der Waals surface area (Å²) in [5.41, 5.74) is -1.61. The van der Waals surface area contributed by atoms with Gasteiger partial charge >= 0.3 is 12.3 Å². The molecule has 0 aliphatic heterocycles. The summed E-state index contributed by atoms with van der Waals surface area (Å²) >= 11 is 0. The van der Waals surface area contributed by atoms with Crippen molar-refractivity contribution in [3.8, 4) is 0 Å². The van der Waals surface area contributed by atoms with Gasteiger partial charge < -0.3 is 4.74 Å². The number of alkyl halides is 3. The van der Waals surface area contributed by atoms with Crippen molar-refractivity contribution < 1.29 is 22.7 Å². The van der Waals surface area contributed by atoms with Crippen molar-refractivity contribution in [2.45, 2.75) is 32.5 Å². The van der Waals surface area contributed by atoms with Crippen molar-refractivity contribution in [1.82, 2.24) is 0 Å². The lowest BCUT2D eigenvalue weighted by Gasteiger charge is -2.19. The second-order valence-electron chi connectivity index (χ2n) is 4.64. The van der Waals surface area contributed by atoms with Gasteiger partial charge in [-0.1, -0.05) is 0 Å². The largest absolute Gasteiger partial charge is 0.444 e. The normalized spacial score (nSPS) is 12.1. The van der Waals surface area contributed by atoms with Crippen LogP contribution in [0.25, 0.3) is 0 Å². The van der Waals surface area contributed by atoms with E-state index in [1.165, 1.54) is 6.07 Å². The van der Waals surface area contributed by atoms with Gasteiger partial charge in [0, 0.05) is 5.69 Å². The van der Waals surface area contributed by atoms with Crippen LogP contribution < -0.4 is 5.32 Å². The first-order valence-corrected chi connectivity index (χ1v) is 5.16. The molecule has 1 aromatic rings. The first-order chi connectivity index (χ1) is 8.08. The summed E-state index contributed by atoms with van der Waals surface area (Å²) in [6.07, 6.45) is -5.28. The van der Waals surface area contributed by atoms with E-state index in [0.717, 1.165) is 12.1 Å². The summed E-state index contributed by atoms with van der Waals surface area (Å²) in [7, 11) is 0. The molecule has 0 aliphatic rings. The van der Waals surface area contributed by atoms with Crippen LogP contribution in [-0.2, 0) is 10.9 Å². The molecule has 0 fully saturated rings. The Balaban J connectivity index is 2.77. The predicted octanol–water partition coefficient (Wildman–Crippen LogP) is 3.85. The highest BCUT2D eigenvalue weighted by Crippen LogP contribution is 2.30. The molecule has 1 radical (unpaired) electrons. The van der Waals surface area contributed by atoms with Gasteiger partial charge in [-0.05, 0) is 45.0 Å². The minimum Gasteiger partial charge on any atom is -0.444 e. The van der Waals surface area contributed by atoms with Gasteiger partial charge in [0.15, 0.2) is 0 Å². The van der Waals surface area contributed by atoms with Gasteiger partial charge in [-0.15, -0.1) is 0 Å². The van der Waals surface area contributed by atoms with Gasteiger partial charge in [0.1, 0.15) is 5.60 Å². The minimum absolute atomic E-state index is 0.0147. The fourth-order valence-electron chi connectivity index (χ4n) is 1.13. The highest BCUT2D eigenvalue weighted by molar-refractivity contribution is 5.84. The summed E-state index contributed by atoms with van der Waals surface area (Å²) in [5, 5.41) is 2.22. The number of nitrogens with one attached hydrogen (secondary N) is 1.